The van der Waals surface area contributed by atoms with Crippen LogP contribution in [-0.2, 0) is 12.3 Å². The molecule has 0 fully saturated rings. The molecule has 0 saturated heterocycles. The number of methoxy groups -OCH3 is 3. The Balaban J connectivity index is 1.63. The van der Waals surface area contributed by atoms with Crippen LogP contribution in [0.15, 0.2) is 84.5 Å². The van der Waals surface area contributed by atoms with E-state index in [0.717, 1.165) is 27.6 Å². The summed E-state index contributed by atoms with van der Waals surface area (Å²) in [5.41, 5.74) is 4.06. The van der Waals surface area contributed by atoms with Crippen molar-refractivity contribution in [2.45, 2.75) is 17.5 Å². The standard InChI is InChI=1S/C30H27FN4O3S/c1-5-13-35-29(33-34-30(35)39-18-19-9-8-10-21(31)14-19)23-17-25(32-24-12-7-6-11-22(23)24)20-15-26(36-2)28(38-4)27(16-20)37-3/h5-12,14-17H,1,13,18H2,2-4H3. The molecule has 0 aliphatic rings. The molecule has 9 heteroatoms. The predicted octanol–water partition coefficient (Wildman–Crippen LogP) is 6.80. The number of ether oxygens (including phenoxy) is 3. The molecule has 39 heavy (non-hydrogen) atoms. The molecule has 5 rings (SSSR count). The smallest absolute Gasteiger partial charge is 0.203 e. The number of hydrogen-bond acceptors (Lipinski definition) is 7. The van der Waals surface area contributed by atoms with Crippen LogP contribution >= 0.6 is 11.8 Å². The molecule has 5 aromatic rings. The van der Waals surface area contributed by atoms with Crippen molar-refractivity contribution in [1.29, 1.82) is 0 Å². The zero-order valence-electron chi connectivity index (χ0n) is 21.8. The lowest BCUT2D eigenvalue weighted by Gasteiger charge is -2.15. The largest absolute Gasteiger partial charge is 0.493 e. The molecule has 0 saturated carbocycles. The van der Waals surface area contributed by atoms with Gasteiger partial charge >= 0.3 is 0 Å². The van der Waals surface area contributed by atoms with Gasteiger partial charge in [-0.05, 0) is 42.0 Å². The van der Waals surface area contributed by atoms with Crippen molar-refractivity contribution >= 4 is 22.7 Å². The molecular formula is C30H27FN4O3S. The summed E-state index contributed by atoms with van der Waals surface area (Å²) in [5, 5.41) is 10.7. The van der Waals surface area contributed by atoms with Gasteiger partial charge < -0.3 is 14.2 Å². The Labute approximate surface area is 230 Å². The van der Waals surface area contributed by atoms with Gasteiger partial charge in [-0.3, -0.25) is 4.57 Å². The van der Waals surface area contributed by atoms with Crippen LogP contribution in [0.25, 0.3) is 33.5 Å². The first-order valence-electron chi connectivity index (χ1n) is 12.2. The number of thioether (sulfide) groups is 1. The van der Waals surface area contributed by atoms with Crippen molar-refractivity contribution < 1.29 is 18.6 Å². The van der Waals surface area contributed by atoms with Crippen LogP contribution in [-0.4, -0.2) is 41.1 Å². The molecule has 0 radical (unpaired) electrons. The Hall–Kier alpha value is -4.37. The van der Waals surface area contributed by atoms with Crippen molar-refractivity contribution in [2.24, 2.45) is 0 Å². The van der Waals surface area contributed by atoms with Gasteiger partial charge in [0.25, 0.3) is 0 Å². The lowest BCUT2D eigenvalue weighted by atomic mass is 10.0. The maximum Gasteiger partial charge on any atom is 0.203 e. The maximum absolute atomic E-state index is 13.7. The monoisotopic (exact) mass is 542 g/mol. The summed E-state index contributed by atoms with van der Waals surface area (Å²) < 4.78 is 32.3. The van der Waals surface area contributed by atoms with E-state index in [4.69, 9.17) is 19.2 Å². The van der Waals surface area contributed by atoms with Gasteiger partial charge in [-0.25, -0.2) is 9.37 Å². The number of halogens is 1. The van der Waals surface area contributed by atoms with Gasteiger partial charge in [0, 0.05) is 28.8 Å². The summed E-state index contributed by atoms with van der Waals surface area (Å²) in [5.74, 6) is 2.56. The van der Waals surface area contributed by atoms with E-state index in [-0.39, 0.29) is 5.82 Å². The Bertz CT molecular complexity index is 1630. The van der Waals surface area contributed by atoms with Gasteiger partial charge in [0.15, 0.2) is 22.5 Å². The first-order chi connectivity index (χ1) is 19.1. The van der Waals surface area contributed by atoms with Gasteiger partial charge in [-0.2, -0.15) is 0 Å². The summed E-state index contributed by atoms with van der Waals surface area (Å²) in [6.07, 6.45) is 1.81. The van der Waals surface area contributed by atoms with E-state index in [1.54, 1.807) is 27.4 Å². The third-order valence-electron chi connectivity index (χ3n) is 6.20. The highest BCUT2D eigenvalue weighted by Crippen LogP contribution is 2.42. The van der Waals surface area contributed by atoms with Crippen LogP contribution in [0.3, 0.4) is 0 Å². The fraction of sp³-hybridized carbons (Fsp3) is 0.167. The molecule has 0 N–H and O–H groups in total. The predicted molar refractivity (Wildman–Crippen MR) is 152 cm³/mol. The highest BCUT2D eigenvalue weighted by Gasteiger charge is 2.20. The van der Waals surface area contributed by atoms with Crippen molar-refractivity contribution in [3.63, 3.8) is 0 Å². The molecule has 0 amide bonds. The first-order valence-corrected chi connectivity index (χ1v) is 13.2. The quantitative estimate of drug-likeness (QED) is 0.142. The Morgan fingerprint density at radius 1 is 0.923 bits per heavy atom. The van der Waals surface area contributed by atoms with Gasteiger partial charge in [-0.1, -0.05) is 48.2 Å². The average Bonchev–Trinajstić information content (AvgIpc) is 3.36. The Morgan fingerprint density at radius 2 is 1.69 bits per heavy atom. The lowest BCUT2D eigenvalue weighted by Crippen LogP contribution is -2.02. The summed E-state index contributed by atoms with van der Waals surface area (Å²) in [4.78, 5) is 4.93. The number of aromatic nitrogens is 4. The highest BCUT2D eigenvalue weighted by atomic mass is 32.2. The summed E-state index contributed by atoms with van der Waals surface area (Å²) >= 11 is 1.50. The molecule has 0 unspecified atom stereocenters. The van der Waals surface area contributed by atoms with E-state index in [1.807, 2.05) is 59.2 Å². The van der Waals surface area contributed by atoms with Crippen molar-refractivity contribution in [3.8, 4) is 39.9 Å². The second kappa shape index (κ2) is 11.6. The Morgan fingerprint density at radius 3 is 2.38 bits per heavy atom. The molecule has 0 bridgehead atoms. The van der Waals surface area contributed by atoms with Crippen molar-refractivity contribution in [2.75, 3.05) is 21.3 Å². The van der Waals surface area contributed by atoms with Gasteiger partial charge in [0.2, 0.25) is 5.75 Å². The van der Waals surface area contributed by atoms with Crippen LogP contribution in [0.2, 0.25) is 0 Å². The minimum Gasteiger partial charge on any atom is -0.493 e. The van der Waals surface area contributed by atoms with Crippen LogP contribution in [0.4, 0.5) is 4.39 Å². The number of pyridine rings is 1. The summed E-state index contributed by atoms with van der Waals surface area (Å²) in [6.45, 7) is 4.44. The van der Waals surface area contributed by atoms with E-state index >= 15 is 0 Å². The molecule has 0 atom stereocenters. The molecule has 2 heterocycles. The van der Waals surface area contributed by atoms with Crippen molar-refractivity contribution in [1.82, 2.24) is 19.7 Å². The summed E-state index contributed by atoms with van der Waals surface area (Å²) in [7, 11) is 4.74. The molecular weight excluding hydrogens is 515 g/mol. The van der Waals surface area contributed by atoms with E-state index < -0.39 is 0 Å². The number of nitrogens with zero attached hydrogens (tertiary/aromatic N) is 4. The minimum atomic E-state index is -0.260. The zero-order valence-corrected chi connectivity index (χ0v) is 22.7. The molecule has 2 aromatic heterocycles. The molecule has 7 nitrogen and oxygen atoms in total. The second-order valence-electron chi connectivity index (χ2n) is 8.61. The second-order valence-corrected chi connectivity index (χ2v) is 9.55. The Kier molecular flexibility index (Phi) is 7.79. The van der Waals surface area contributed by atoms with Gasteiger partial charge in [0.05, 0.1) is 32.5 Å². The fourth-order valence-corrected chi connectivity index (χ4v) is 5.29. The lowest BCUT2D eigenvalue weighted by molar-refractivity contribution is 0.324. The number of benzene rings is 3. The highest BCUT2D eigenvalue weighted by molar-refractivity contribution is 7.98. The van der Waals surface area contributed by atoms with E-state index in [0.29, 0.717) is 46.2 Å². The average molecular weight is 543 g/mol. The molecule has 0 spiro atoms. The van der Waals surface area contributed by atoms with Crippen LogP contribution in [0.5, 0.6) is 17.2 Å². The third-order valence-corrected chi connectivity index (χ3v) is 7.24. The van der Waals surface area contributed by atoms with E-state index in [1.165, 1.54) is 23.9 Å². The topological polar surface area (TPSA) is 71.3 Å². The molecule has 0 aliphatic carbocycles. The van der Waals surface area contributed by atoms with Crippen LogP contribution < -0.4 is 14.2 Å². The minimum absolute atomic E-state index is 0.260. The van der Waals surface area contributed by atoms with E-state index in [9.17, 15) is 4.39 Å². The normalized spacial score (nSPS) is 11.0. The summed E-state index contributed by atoms with van der Waals surface area (Å²) in [6, 6.07) is 20.2. The number of allylic oxidation sites excluding steroid dienone is 1. The zero-order chi connectivity index (χ0) is 27.4. The number of rotatable bonds is 10. The van der Waals surface area contributed by atoms with Gasteiger partial charge in [0.1, 0.15) is 5.82 Å². The SMILES string of the molecule is C=CCn1c(SCc2cccc(F)c2)nnc1-c1cc(-c2cc(OC)c(OC)c(OC)c2)nc2ccccc12. The number of fused-ring (bicyclic) bond motifs is 1. The van der Waals surface area contributed by atoms with E-state index in [2.05, 4.69) is 16.8 Å². The number of hydrogen-bond donors (Lipinski definition) is 0. The third kappa shape index (κ3) is 5.31. The first kappa shape index (κ1) is 26.2. The molecule has 198 valence electrons. The fourth-order valence-electron chi connectivity index (χ4n) is 4.40. The van der Waals surface area contributed by atoms with Crippen molar-refractivity contribution in [3.05, 3.63) is 90.8 Å². The van der Waals surface area contributed by atoms with Gasteiger partial charge in [-0.15, -0.1) is 16.8 Å². The maximum atomic E-state index is 13.7. The number of para-hydroxylation sites is 1. The molecule has 3 aromatic carbocycles. The van der Waals surface area contributed by atoms with Crippen LogP contribution in [0.1, 0.15) is 5.56 Å². The molecule has 0 aliphatic heterocycles. The van der Waals surface area contributed by atoms with Crippen LogP contribution in [0, 0.1) is 5.82 Å².